The summed E-state index contributed by atoms with van der Waals surface area (Å²) in [5.41, 5.74) is -1.41. The Kier molecular flexibility index (Phi) is 7.15. The highest BCUT2D eigenvalue weighted by molar-refractivity contribution is 6.34. The molecule has 0 bridgehead atoms. The Morgan fingerprint density at radius 2 is 1.94 bits per heavy atom. The Morgan fingerprint density at radius 1 is 1.25 bits per heavy atom. The number of carbonyl (C=O) groups excluding carboxylic acids is 1. The van der Waals surface area contributed by atoms with Crippen molar-refractivity contribution in [2.24, 2.45) is 10.3 Å². The first-order valence-electron chi connectivity index (χ1n) is 9.63. The lowest BCUT2D eigenvalue weighted by molar-refractivity contribution is -0.275. The molecule has 32 heavy (non-hydrogen) atoms. The van der Waals surface area contributed by atoms with Crippen LogP contribution in [0.3, 0.4) is 0 Å². The second-order valence-corrected chi connectivity index (χ2v) is 8.02. The zero-order valence-corrected chi connectivity index (χ0v) is 18.7. The van der Waals surface area contributed by atoms with Crippen LogP contribution in [0.25, 0.3) is 0 Å². The van der Waals surface area contributed by atoms with Gasteiger partial charge in [-0.3, -0.25) is 4.79 Å². The number of alkyl halides is 3. The molecule has 1 atom stereocenters. The van der Waals surface area contributed by atoms with Crippen molar-refractivity contribution in [2.75, 3.05) is 6.61 Å². The molecular formula is C22H19Cl2F3N2O3. The highest BCUT2D eigenvalue weighted by Crippen LogP contribution is 2.49. The van der Waals surface area contributed by atoms with Crippen LogP contribution >= 0.6 is 23.2 Å². The van der Waals surface area contributed by atoms with Crippen molar-refractivity contribution in [3.63, 3.8) is 0 Å². The van der Waals surface area contributed by atoms with Crippen LogP contribution in [-0.4, -0.2) is 30.5 Å². The van der Waals surface area contributed by atoms with Crippen LogP contribution in [0, 0.1) is 6.92 Å². The molecule has 1 aliphatic heterocycles. The molecule has 0 fully saturated rings. The van der Waals surface area contributed by atoms with Crippen LogP contribution in [0.5, 0.6) is 0 Å². The summed E-state index contributed by atoms with van der Waals surface area (Å²) in [4.78, 5) is 22.2. The molecule has 0 saturated heterocycles. The summed E-state index contributed by atoms with van der Waals surface area (Å²) in [6.45, 7) is 3.86. The molecule has 0 saturated carbocycles. The molecule has 5 nitrogen and oxygen atoms in total. The fourth-order valence-corrected chi connectivity index (χ4v) is 3.88. The van der Waals surface area contributed by atoms with Gasteiger partial charge in [0.25, 0.3) is 5.60 Å². The van der Waals surface area contributed by atoms with Gasteiger partial charge in [0.2, 0.25) is 0 Å². The molecule has 0 aromatic heterocycles. The SMILES string of the molecule is CCO/N=C\CC(=O)c1ccc(C2=NOC(c3cc(Cl)cc(Cl)c3)(C(F)(F)F)C2)cc1C. The van der Waals surface area contributed by atoms with Gasteiger partial charge in [0.1, 0.15) is 6.61 Å². The molecule has 3 rings (SSSR count). The third-order valence-corrected chi connectivity index (χ3v) is 5.37. The topological polar surface area (TPSA) is 60.2 Å². The number of carbonyl (C=O) groups is 1. The van der Waals surface area contributed by atoms with Crippen LogP contribution in [0.4, 0.5) is 13.2 Å². The first-order chi connectivity index (χ1) is 15.1. The van der Waals surface area contributed by atoms with Crippen LogP contribution in [-0.2, 0) is 15.3 Å². The Bertz CT molecular complexity index is 1070. The van der Waals surface area contributed by atoms with E-state index < -0.39 is 18.2 Å². The van der Waals surface area contributed by atoms with E-state index >= 15 is 0 Å². The minimum atomic E-state index is -4.78. The fraction of sp³-hybridized carbons (Fsp3) is 0.318. The minimum Gasteiger partial charge on any atom is -0.396 e. The number of hydrogen-bond acceptors (Lipinski definition) is 5. The second-order valence-electron chi connectivity index (χ2n) is 7.15. The van der Waals surface area contributed by atoms with Gasteiger partial charge in [0.05, 0.1) is 11.9 Å². The number of ketones is 1. The Labute approximate surface area is 192 Å². The zero-order chi connectivity index (χ0) is 23.5. The van der Waals surface area contributed by atoms with Gasteiger partial charge >= 0.3 is 6.18 Å². The standard InChI is InChI=1S/C22H19Cl2F3N2O3/c1-3-31-28-7-6-20(30)18-5-4-14(8-13(18)2)19-12-21(32-29-19,22(25,26)27)15-9-16(23)11-17(24)10-15/h4-5,7-11H,3,6,12H2,1-2H3/b28-7-. The lowest BCUT2D eigenvalue weighted by Gasteiger charge is -2.29. The molecule has 2 aromatic carbocycles. The van der Waals surface area contributed by atoms with Crippen molar-refractivity contribution < 1.29 is 27.6 Å². The van der Waals surface area contributed by atoms with Gasteiger partial charge in [-0.15, -0.1) is 0 Å². The van der Waals surface area contributed by atoms with E-state index in [4.69, 9.17) is 32.9 Å². The predicted octanol–water partition coefficient (Wildman–Crippen LogP) is 6.48. The average molecular weight is 487 g/mol. The first-order valence-corrected chi connectivity index (χ1v) is 10.4. The largest absolute Gasteiger partial charge is 0.435 e. The summed E-state index contributed by atoms with van der Waals surface area (Å²) in [6, 6.07) is 8.36. The summed E-state index contributed by atoms with van der Waals surface area (Å²) in [5.74, 6) is -0.194. The van der Waals surface area contributed by atoms with E-state index in [-0.39, 0.29) is 33.5 Å². The van der Waals surface area contributed by atoms with Crippen molar-refractivity contribution in [2.45, 2.75) is 38.5 Å². The third kappa shape index (κ3) is 4.91. The van der Waals surface area contributed by atoms with Gasteiger partial charge in [-0.25, -0.2) is 0 Å². The third-order valence-electron chi connectivity index (χ3n) is 4.93. The number of hydrogen-bond donors (Lipinski definition) is 0. The molecule has 2 aromatic rings. The highest BCUT2D eigenvalue weighted by Gasteiger charge is 2.62. The summed E-state index contributed by atoms with van der Waals surface area (Å²) in [6.07, 6.45) is -3.95. The van der Waals surface area contributed by atoms with Gasteiger partial charge in [-0.1, -0.05) is 45.6 Å². The quantitative estimate of drug-likeness (QED) is 0.255. The first kappa shape index (κ1) is 24.1. The lowest BCUT2D eigenvalue weighted by atomic mass is 9.86. The van der Waals surface area contributed by atoms with Gasteiger partial charge in [0.15, 0.2) is 5.78 Å². The fourth-order valence-electron chi connectivity index (χ4n) is 3.36. The molecule has 0 spiro atoms. The molecule has 170 valence electrons. The minimum absolute atomic E-state index is 0.0386. The van der Waals surface area contributed by atoms with E-state index in [9.17, 15) is 18.0 Å². The van der Waals surface area contributed by atoms with E-state index in [1.807, 2.05) is 0 Å². The van der Waals surface area contributed by atoms with Gasteiger partial charge in [-0.05, 0) is 49.2 Å². The number of halogens is 5. The molecule has 0 amide bonds. The van der Waals surface area contributed by atoms with Crippen LogP contribution in [0.15, 0.2) is 46.7 Å². The van der Waals surface area contributed by atoms with E-state index in [2.05, 4.69) is 10.3 Å². The summed E-state index contributed by atoms with van der Waals surface area (Å²) >= 11 is 11.8. The summed E-state index contributed by atoms with van der Waals surface area (Å²) < 4.78 is 42.4. The molecule has 0 aliphatic carbocycles. The molecule has 1 unspecified atom stereocenters. The van der Waals surface area contributed by atoms with Crippen LogP contribution in [0.1, 0.15) is 46.8 Å². The van der Waals surface area contributed by atoms with Gasteiger partial charge in [0, 0.05) is 34.0 Å². The van der Waals surface area contributed by atoms with Crippen molar-refractivity contribution in [3.8, 4) is 0 Å². The average Bonchev–Trinajstić information content (AvgIpc) is 3.17. The maximum Gasteiger partial charge on any atom is 0.435 e. The highest BCUT2D eigenvalue weighted by atomic mass is 35.5. The molecule has 0 radical (unpaired) electrons. The smallest absolute Gasteiger partial charge is 0.396 e. The number of benzene rings is 2. The number of Topliss-reactive ketones (excluding diaryl/α,β-unsaturated/α-hetero) is 1. The van der Waals surface area contributed by atoms with Crippen molar-refractivity contribution >= 4 is 40.9 Å². The van der Waals surface area contributed by atoms with Gasteiger partial charge < -0.3 is 9.68 Å². The predicted molar refractivity (Wildman–Crippen MR) is 117 cm³/mol. The van der Waals surface area contributed by atoms with Gasteiger partial charge in [-0.2, -0.15) is 13.2 Å². The van der Waals surface area contributed by atoms with E-state index in [0.717, 1.165) is 12.1 Å². The Balaban J connectivity index is 1.87. The summed E-state index contributed by atoms with van der Waals surface area (Å²) in [5, 5.41) is 7.48. The van der Waals surface area contributed by atoms with E-state index in [1.165, 1.54) is 12.3 Å². The number of oxime groups is 2. The number of aryl methyl sites for hydroxylation is 1. The number of nitrogens with zero attached hydrogens (tertiary/aromatic N) is 2. The lowest BCUT2D eigenvalue weighted by Crippen LogP contribution is -2.42. The monoisotopic (exact) mass is 486 g/mol. The maximum absolute atomic E-state index is 14.1. The molecular weight excluding hydrogens is 468 g/mol. The Morgan fingerprint density at radius 3 is 2.53 bits per heavy atom. The van der Waals surface area contributed by atoms with Crippen LogP contribution in [0.2, 0.25) is 10.0 Å². The number of rotatable bonds is 7. The van der Waals surface area contributed by atoms with Crippen LogP contribution < -0.4 is 0 Å². The molecule has 0 N–H and O–H groups in total. The normalized spacial score (nSPS) is 18.5. The van der Waals surface area contributed by atoms with Crippen molar-refractivity contribution in [1.82, 2.24) is 0 Å². The Hall–Kier alpha value is -2.58. The van der Waals surface area contributed by atoms with E-state index in [1.54, 1.807) is 32.0 Å². The maximum atomic E-state index is 14.1. The molecule has 1 aliphatic rings. The molecule has 10 heteroatoms. The zero-order valence-electron chi connectivity index (χ0n) is 17.2. The van der Waals surface area contributed by atoms with E-state index in [0.29, 0.717) is 23.3 Å². The second kappa shape index (κ2) is 9.50. The molecule has 1 heterocycles. The van der Waals surface area contributed by atoms with Crippen molar-refractivity contribution in [3.05, 3.63) is 68.7 Å². The van der Waals surface area contributed by atoms with Crippen molar-refractivity contribution in [1.29, 1.82) is 0 Å². The summed E-state index contributed by atoms with van der Waals surface area (Å²) in [7, 11) is 0.